The van der Waals surface area contributed by atoms with Crippen LogP contribution in [0.1, 0.15) is 0 Å². The zero-order chi connectivity index (χ0) is 14.2. The first-order valence-electron chi connectivity index (χ1n) is 4.56. The van der Waals surface area contributed by atoms with Gasteiger partial charge in [0, 0.05) is 12.1 Å². The van der Waals surface area contributed by atoms with Crippen LogP contribution in [-0.2, 0) is 10.0 Å². The van der Waals surface area contributed by atoms with Crippen LogP contribution >= 0.6 is 11.3 Å². The lowest BCUT2D eigenvalue weighted by Crippen LogP contribution is -2.15. The van der Waals surface area contributed by atoms with Crippen molar-refractivity contribution in [2.24, 2.45) is 0 Å². The summed E-state index contributed by atoms with van der Waals surface area (Å²) >= 11 is 0.515. The van der Waals surface area contributed by atoms with Gasteiger partial charge in [0.15, 0.2) is 11.6 Å². The van der Waals surface area contributed by atoms with Crippen LogP contribution in [0, 0.1) is 17.5 Å². The smallest absolute Gasteiger partial charge is 0.291 e. The number of nitrogen functional groups attached to an aromatic ring is 1. The number of anilines is 2. The van der Waals surface area contributed by atoms with Gasteiger partial charge in [-0.3, -0.25) is 4.72 Å². The van der Waals surface area contributed by atoms with Gasteiger partial charge < -0.3 is 5.73 Å². The summed E-state index contributed by atoms with van der Waals surface area (Å²) in [7, 11) is -4.34. The predicted molar refractivity (Wildman–Crippen MR) is 61.4 cm³/mol. The SMILES string of the molecule is Nc1nnc(S(=O)(=O)Nc2c(F)cc(F)cc2F)s1. The van der Waals surface area contributed by atoms with Crippen molar-refractivity contribution in [1.82, 2.24) is 10.2 Å². The predicted octanol–water partition coefficient (Wildman–Crippen LogP) is 1.34. The number of hydrogen-bond acceptors (Lipinski definition) is 6. The highest BCUT2D eigenvalue weighted by atomic mass is 32.2. The molecule has 102 valence electrons. The van der Waals surface area contributed by atoms with E-state index in [0.29, 0.717) is 23.5 Å². The first-order valence-corrected chi connectivity index (χ1v) is 6.86. The summed E-state index contributed by atoms with van der Waals surface area (Å²) in [4.78, 5) is 0. The average Bonchev–Trinajstić information content (AvgIpc) is 2.71. The molecule has 1 aromatic heterocycles. The van der Waals surface area contributed by atoms with E-state index in [-0.39, 0.29) is 5.13 Å². The van der Waals surface area contributed by atoms with Crippen LogP contribution in [0.4, 0.5) is 24.0 Å². The van der Waals surface area contributed by atoms with Crippen LogP contribution in [0.5, 0.6) is 0 Å². The molecule has 1 heterocycles. The molecule has 3 N–H and O–H groups in total. The Balaban J connectivity index is 2.41. The quantitative estimate of drug-likeness (QED) is 0.891. The van der Waals surface area contributed by atoms with E-state index >= 15 is 0 Å². The maximum Gasteiger partial charge on any atom is 0.291 e. The van der Waals surface area contributed by atoms with Gasteiger partial charge >= 0.3 is 0 Å². The standard InChI is InChI=1S/C8H5F3N4O2S2/c9-3-1-4(10)6(5(11)2-3)15-19(16,17)8-14-13-7(12)18-8/h1-2,15H,(H2,12,13). The molecule has 2 aromatic rings. The Morgan fingerprint density at radius 2 is 1.74 bits per heavy atom. The van der Waals surface area contributed by atoms with E-state index in [1.54, 1.807) is 4.72 Å². The summed E-state index contributed by atoms with van der Waals surface area (Å²) in [5, 5.41) is 6.37. The molecule has 19 heavy (non-hydrogen) atoms. The molecule has 2 rings (SSSR count). The molecule has 0 bridgehead atoms. The van der Waals surface area contributed by atoms with Gasteiger partial charge in [-0.25, -0.2) is 13.2 Å². The number of aromatic nitrogens is 2. The molecule has 0 saturated carbocycles. The minimum absolute atomic E-state index is 0.125. The lowest BCUT2D eigenvalue weighted by Gasteiger charge is -2.07. The Labute approximate surface area is 109 Å². The second-order valence-corrected chi connectivity index (χ2v) is 6.12. The van der Waals surface area contributed by atoms with Crippen molar-refractivity contribution in [3.8, 4) is 0 Å². The molecule has 0 amide bonds. The molecular formula is C8H5F3N4O2S2. The largest absolute Gasteiger partial charge is 0.374 e. The third kappa shape index (κ3) is 2.76. The molecule has 0 atom stereocenters. The highest BCUT2D eigenvalue weighted by Crippen LogP contribution is 2.25. The van der Waals surface area contributed by atoms with Gasteiger partial charge in [-0.1, -0.05) is 11.3 Å². The second kappa shape index (κ2) is 4.66. The van der Waals surface area contributed by atoms with Crippen molar-refractivity contribution >= 4 is 32.2 Å². The summed E-state index contributed by atoms with van der Waals surface area (Å²) in [5.74, 6) is -3.95. The third-order valence-corrected chi connectivity index (χ3v) is 4.36. The van der Waals surface area contributed by atoms with Crippen LogP contribution in [0.2, 0.25) is 0 Å². The summed E-state index contributed by atoms with van der Waals surface area (Å²) in [5.41, 5.74) is 4.20. The molecule has 0 unspecified atom stereocenters. The van der Waals surface area contributed by atoms with Crippen molar-refractivity contribution in [3.63, 3.8) is 0 Å². The number of sulfonamides is 1. The molecule has 0 aliphatic heterocycles. The minimum atomic E-state index is -4.34. The lowest BCUT2D eigenvalue weighted by molar-refractivity contribution is 0.547. The number of rotatable bonds is 3. The fourth-order valence-electron chi connectivity index (χ4n) is 1.15. The molecule has 6 nitrogen and oxygen atoms in total. The summed E-state index contributed by atoms with van der Waals surface area (Å²) < 4.78 is 63.8. The molecule has 1 aromatic carbocycles. The van der Waals surface area contributed by atoms with Gasteiger partial charge in [0.05, 0.1) is 0 Å². The monoisotopic (exact) mass is 310 g/mol. The Bertz CT molecular complexity index is 708. The summed E-state index contributed by atoms with van der Waals surface area (Å²) in [6.45, 7) is 0. The van der Waals surface area contributed by atoms with Crippen molar-refractivity contribution in [2.45, 2.75) is 4.34 Å². The summed E-state index contributed by atoms with van der Waals surface area (Å²) in [6, 6.07) is 0.685. The van der Waals surface area contributed by atoms with Crippen molar-refractivity contribution in [3.05, 3.63) is 29.6 Å². The van der Waals surface area contributed by atoms with E-state index in [0.717, 1.165) is 0 Å². The van der Waals surface area contributed by atoms with Crippen LogP contribution in [0.3, 0.4) is 0 Å². The molecule has 0 fully saturated rings. The van der Waals surface area contributed by atoms with Crippen LogP contribution in [0.15, 0.2) is 16.5 Å². The molecule has 0 aliphatic rings. The van der Waals surface area contributed by atoms with Crippen molar-refractivity contribution in [1.29, 1.82) is 0 Å². The average molecular weight is 310 g/mol. The van der Waals surface area contributed by atoms with E-state index < -0.39 is 37.5 Å². The fraction of sp³-hybridized carbons (Fsp3) is 0. The van der Waals surface area contributed by atoms with Gasteiger partial charge in [-0.05, 0) is 0 Å². The molecule has 11 heteroatoms. The second-order valence-electron chi connectivity index (χ2n) is 3.26. The van der Waals surface area contributed by atoms with E-state index in [1.807, 2.05) is 0 Å². The minimum Gasteiger partial charge on any atom is -0.374 e. The van der Waals surface area contributed by atoms with Gasteiger partial charge in [-0.15, -0.1) is 10.2 Å². The Hall–Kier alpha value is -1.88. The Morgan fingerprint density at radius 3 is 2.21 bits per heavy atom. The van der Waals surface area contributed by atoms with Gasteiger partial charge in [0.2, 0.25) is 5.13 Å². The van der Waals surface area contributed by atoms with Crippen LogP contribution in [0.25, 0.3) is 0 Å². The zero-order valence-corrected chi connectivity index (χ0v) is 10.5. The Kier molecular flexibility index (Phi) is 3.32. The highest BCUT2D eigenvalue weighted by molar-refractivity contribution is 7.94. The number of hydrogen-bond donors (Lipinski definition) is 2. The number of nitrogens with zero attached hydrogens (tertiary/aromatic N) is 2. The maximum absolute atomic E-state index is 13.3. The Morgan fingerprint density at radius 1 is 1.16 bits per heavy atom. The molecule has 0 radical (unpaired) electrons. The maximum atomic E-state index is 13.3. The lowest BCUT2D eigenvalue weighted by atomic mass is 10.3. The topological polar surface area (TPSA) is 98.0 Å². The van der Waals surface area contributed by atoms with E-state index in [2.05, 4.69) is 10.2 Å². The number of benzene rings is 1. The van der Waals surface area contributed by atoms with Gasteiger partial charge in [-0.2, -0.15) is 8.42 Å². The molecule has 0 aliphatic carbocycles. The van der Waals surface area contributed by atoms with Gasteiger partial charge in [0.25, 0.3) is 14.4 Å². The fourth-order valence-corrected chi connectivity index (χ4v) is 3.01. The first kappa shape index (κ1) is 13.5. The van der Waals surface area contributed by atoms with E-state index in [1.165, 1.54) is 0 Å². The third-order valence-electron chi connectivity index (χ3n) is 1.90. The van der Waals surface area contributed by atoms with E-state index in [4.69, 9.17) is 5.73 Å². The van der Waals surface area contributed by atoms with Crippen LogP contribution < -0.4 is 10.5 Å². The number of nitrogens with one attached hydrogen (secondary N) is 1. The van der Waals surface area contributed by atoms with Crippen LogP contribution in [-0.4, -0.2) is 18.6 Å². The zero-order valence-electron chi connectivity index (χ0n) is 8.89. The summed E-state index contributed by atoms with van der Waals surface area (Å²) in [6.07, 6.45) is 0. The van der Waals surface area contributed by atoms with Crippen molar-refractivity contribution in [2.75, 3.05) is 10.5 Å². The molecule has 0 saturated heterocycles. The first-order chi connectivity index (χ1) is 8.79. The number of nitrogens with two attached hydrogens (primary N) is 1. The molecule has 0 spiro atoms. The van der Waals surface area contributed by atoms with Crippen molar-refractivity contribution < 1.29 is 21.6 Å². The van der Waals surface area contributed by atoms with Gasteiger partial charge in [0.1, 0.15) is 11.5 Å². The molecular weight excluding hydrogens is 305 g/mol. The normalized spacial score (nSPS) is 11.5. The number of halogens is 3. The highest BCUT2D eigenvalue weighted by Gasteiger charge is 2.23. The van der Waals surface area contributed by atoms with E-state index in [9.17, 15) is 21.6 Å².